The maximum atomic E-state index is 12.6. The number of methoxy groups -OCH3 is 2. The van der Waals surface area contributed by atoms with Gasteiger partial charge in [-0.1, -0.05) is 17.7 Å². The van der Waals surface area contributed by atoms with E-state index >= 15 is 0 Å². The molecule has 0 saturated carbocycles. The molecule has 2 aromatic carbocycles. The van der Waals surface area contributed by atoms with Gasteiger partial charge in [-0.15, -0.1) is 0 Å². The molecular formula is C16H19NO4S. The number of rotatable bonds is 5. The average molecular weight is 321 g/mol. The van der Waals surface area contributed by atoms with Crippen LogP contribution in [0, 0.1) is 13.8 Å². The molecule has 2 aromatic rings. The van der Waals surface area contributed by atoms with E-state index < -0.39 is 10.0 Å². The number of sulfonamides is 1. The van der Waals surface area contributed by atoms with Gasteiger partial charge in [0.05, 0.1) is 19.1 Å². The van der Waals surface area contributed by atoms with Gasteiger partial charge >= 0.3 is 0 Å². The van der Waals surface area contributed by atoms with Crippen molar-refractivity contribution in [1.29, 1.82) is 0 Å². The van der Waals surface area contributed by atoms with Crippen molar-refractivity contribution in [3.8, 4) is 11.5 Å². The van der Waals surface area contributed by atoms with Crippen molar-refractivity contribution >= 4 is 15.7 Å². The second-order valence-electron chi connectivity index (χ2n) is 4.94. The molecule has 0 amide bonds. The minimum Gasteiger partial charge on any atom is -0.493 e. The maximum Gasteiger partial charge on any atom is 0.262 e. The highest BCUT2D eigenvalue weighted by molar-refractivity contribution is 7.92. The van der Waals surface area contributed by atoms with Gasteiger partial charge in [0.25, 0.3) is 10.0 Å². The lowest BCUT2D eigenvalue weighted by atomic mass is 10.2. The Bertz CT molecular complexity index is 767. The molecular weight excluding hydrogens is 302 g/mol. The molecule has 2 rings (SSSR count). The number of ether oxygens (including phenoxy) is 2. The highest BCUT2D eigenvalue weighted by Gasteiger charge is 2.20. The van der Waals surface area contributed by atoms with E-state index in [2.05, 4.69) is 4.72 Å². The predicted molar refractivity (Wildman–Crippen MR) is 86.3 cm³/mol. The first-order chi connectivity index (χ1) is 10.4. The number of nitrogens with one attached hydrogen (secondary N) is 1. The van der Waals surface area contributed by atoms with Crippen molar-refractivity contribution in [2.45, 2.75) is 18.7 Å². The molecule has 0 aromatic heterocycles. The Hall–Kier alpha value is -2.21. The van der Waals surface area contributed by atoms with Crippen LogP contribution in [0.25, 0.3) is 0 Å². The molecule has 22 heavy (non-hydrogen) atoms. The Morgan fingerprint density at radius 3 is 2.00 bits per heavy atom. The standard InChI is InChI=1S/C16H19NO4S/c1-11-5-7-13(8-6-11)17-22(18,19)16-10-15(21-4)14(20-3)9-12(16)2/h5-10,17H,1-4H3. The lowest BCUT2D eigenvalue weighted by Crippen LogP contribution is -2.14. The summed E-state index contributed by atoms with van der Waals surface area (Å²) in [6.07, 6.45) is 0. The Morgan fingerprint density at radius 2 is 1.45 bits per heavy atom. The van der Waals surface area contributed by atoms with E-state index in [9.17, 15) is 8.42 Å². The topological polar surface area (TPSA) is 64.6 Å². The Balaban J connectivity index is 2.42. The third kappa shape index (κ3) is 3.33. The van der Waals surface area contributed by atoms with Crippen LogP contribution in [-0.4, -0.2) is 22.6 Å². The van der Waals surface area contributed by atoms with Crippen LogP contribution in [0.1, 0.15) is 11.1 Å². The fourth-order valence-corrected chi connectivity index (χ4v) is 3.38. The Morgan fingerprint density at radius 1 is 0.909 bits per heavy atom. The number of hydrogen-bond donors (Lipinski definition) is 1. The summed E-state index contributed by atoms with van der Waals surface area (Å²) in [6, 6.07) is 10.2. The average Bonchev–Trinajstić information content (AvgIpc) is 2.48. The summed E-state index contributed by atoms with van der Waals surface area (Å²) in [5.74, 6) is 0.867. The molecule has 0 aliphatic rings. The summed E-state index contributed by atoms with van der Waals surface area (Å²) >= 11 is 0. The summed E-state index contributed by atoms with van der Waals surface area (Å²) in [7, 11) is -0.721. The SMILES string of the molecule is COc1cc(C)c(S(=O)(=O)Nc2ccc(C)cc2)cc1OC. The first kappa shape index (κ1) is 16.2. The first-order valence-corrected chi connectivity index (χ1v) is 8.18. The molecule has 6 heteroatoms. The van der Waals surface area contributed by atoms with Crippen LogP contribution in [0.3, 0.4) is 0 Å². The molecule has 0 unspecified atom stereocenters. The van der Waals surface area contributed by atoms with E-state index in [1.54, 1.807) is 25.1 Å². The third-order valence-electron chi connectivity index (χ3n) is 3.27. The molecule has 0 fully saturated rings. The van der Waals surface area contributed by atoms with Crippen LogP contribution < -0.4 is 14.2 Å². The highest BCUT2D eigenvalue weighted by atomic mass is 32.2. The summed E-state index contributed by atoms with van der Waals surface area (Å²) in [4.78, 5) is 0.158. The minimum absolute atomic E-state index is 0.158. The lowest BCUT2D eigenvalue weighted by molar-refractivity contribution is 0.353. The van der Waals surface area contributed by atoms with E-state index in [0.29, 0.717) is 22.7 Å². The van der Waals surface area contributed by atoms with E-state index in [0.717, 1.165) is 5.56 Å². The van der Waals surface area contributed by atoms with E-state index in [-0.39, 0.29) is 4.90 Å². The normalized spacial score (nSPS) is 11.1. The van der Waals surface area contributed by atoms with Gasteiger partial charge in [0.15, 0.2) is 11.5 Å². The maximum absolute atomic E-state index is 12.6. The number of hydrogen-bond acceptors (Lipinski definition) is 4. The van der Waals surface area contributed by atoms with Crippen LogP contribution in [0.4, 0.5) is 5.69 Å². The fraction of sp³-hybridized carbons (Fsp3) is 0.250. The molecule has 0 heterocycles. The minimum atomic E-state index is -3.70. The van der Waals surface area contributed by atoms with Crippen molar-refractivity contribution in [3.63, 3.8) is 0 Å². The Kier molecular flexibility index (Phi) is 4.61. The van der Waals surface area contributed by atoms with Gasteiger partial charge in [-0.2, -0.15) is 0 Å². The largest absolute Gasteiger partial charge is 0.493 e. The highest BCUT2D eigenvalue weighted by Crippen LogP contribution is 2.33. The smallest absolute Gasteiger partial charge is 0.262 e. The molecule has 0 radical (unpaired) electrons. The molecule has 0 atom stereocenters. The summed E-state index contributed by atoms with van der Waals surface area (Å²) in [6.45, 7) is 3.66. The molecule has 0 aliphatic carbocycles. The zero-order valence-electron chi connectivity index (χ0n) is 13.0. The number of benzene rings is 2. The van der Waals surface area contributed by atoms with Gasteiger partial charge in [0, 0.05) is 11.8 Å². The van der Waals surface area contributed by atoms with Gasteiger partial charge in [0.1, 0.15) is 0 Å². The first-order valence-electron chi connectivity index (χ1n) is 6.69. The van der Waals surface area contributed by atoms with Crippen molar-refractivity contribution in [3.05, 3.63) is 47.5 Å². The van der Waals surface area contributed by atoms with Crippen LogP contribution in [0.15, 0.2) is 41.3 Å². The van der Waals surface area contributed by atoms with Crippen molar-refractivity contribution in [2.75, 3.05) is 18.9 Å². The molecule has 0 bridgehead atoms. The lowest BCUT2D eigenvalue weighted by Gasteiger charge is -2.14. The second-order valence-corrected chi connectivity index (χ2v) is 6.60. The molecule has 5 nitrogen and oxygen atoms in total. The van der Waals surface area contributed by atoms with E-state index in [4.69, 9.17) is 9.47 Å². The zero-order valence-corrected chi connectivity index (χ0v) is 13.8. The van der Waals surface area contributed by atoms with Gasteiger partial charge < -0.3 is 9.47 Å². The molecule has 0 saturated heterocycles. The monoisotopic (exact) mass is 321 g/mol. The molecule has 0 spiro atoms. The summed E-state index contributed by atoms with van der Waals surface area (Å²) in [5.41, 5.74) is 2.15. The number of aryl methyl sites for hydroxylation is 2. The van der Waals surface area contributed by atoms with E-state index in [1.807, 2.05) is 19.1 Å². The summed E-state index contributed by atoms with van der Waals surface area (Å²) in [5, 5.41) is 0. The van der Waals surface area contributed by atoms with Gasteiger partial charge in [-0.05, 0) is 37.6 Å². The zero-order chi connectivity index (χ0) is 16.3. The van der Waals surface area contributed by atoms with Crippen molar-refractivity contribution in [2.24, 2.45) is 0 Å². The van der Waals surface area contributed by atoms with Crippen LogP contribution in [0.2, 0.25) is 0 Å². The summed E-state index contributed by atoms with van der Waals surface area (Å²) < 4.78 is 38.1. The van der Waals surface area contributed by atoms with E-state index in [1.165, 1.54) is 20.3 Å². The van der Waals surface area contributed by atoms with Crippen molar-refractivity contribution in [1.82, 2.24) is 0 Å². The third-order valence-corrected chi connectivity index (χ3v) is 4.80. The van der Waals surface area contributed by atoms with Crippen LogP contribution >= 0.6 is 0 Å². The van der Waals surface area contributed by atoms with Gasteiger partial charge in [-0.25, -0.2) is 8.42 Å². The van der Waals surface area contributed by atoms with Crippen LogP contribution in [0.5, 0.6) is 11.5 Å². The predicted octanol–water partition coefficient (Wildman–Crippen LogP) is 3.12. The molecule has 118 valence electrons. The molecule has 1 N–H and O–H groups in total. The Labute approximate surface area is 130 Å². The van der Waals surface area contributed by atoms with Gasteiger partial charge in [-0.3, -0.25) is 4.72 Å². The van der Waals surface area contributed by atoms with Crippen LogP contribution in [-0.2, 0) is 10.0 Å². The second kappa shape index (κ2) is 6.27. The fourth-order valence-electron chi connectivity index (χ4n) is 2.08. The molecule has 0 aliphatic heterocycles. The number of anilines is 1. The van der Waals surface area contributed by atoms with Crippen molar-refractivity contribution < 1.29 is 17.9 Å². The van der Waals surface area contributed by atoms with Gasteiger partial charge in [0.2, 0.25) is 0 Å². The quantitative estimate of drug-likeness (QED) is 0.919.